The molecule has 35 heavy (non-hydrogen) atoms. The number of aliphatic imine (C=N–C) groups is 1. The summed E-state index contributed by atoms with van der Waals surface area (Å²) in [7, 11) is 0. The molecule has 0 saturated carbocycles. The van der Waals surface area contributed by atoms with Crippen molar-refractivity contribution in [3.63, 3.8) is 0 Å². The second-order valence-corrected chi connectivity index (χ2v) is 8.20. The van der Waals surface area contributed by atoms with Crippen molar-refractivity contribution in [1.29, 1.82) is 0 Å². The molecule has 1 unspecified atom stereocenters. The number of carboxylic acids is 2. The molecule has 2 aromatic carbocycles. The Morgan fingerprint density at radius 1 is 1.11 bits per heavy atom. The summed E-state index contributed by atoms with van der Waals surface area (Å²) in [5.41, 5.74) is 12.1. The summed E-state index contributed by atoms with van der Waals surface area (Å²) >= 11 is 6.15. The first-order valence-corrected chi connectivity index (χ1v) is 10.8. The minimum absolute atomic E-state index is 0.0361. The van der Waals surface area contributed by atoms with E-state index in [0.717, 1.165) is 0 Å². The minimum atomic E-state index is -1.46. The molecule has 2 aromatic rings. The lowest BCUT2D eigenvalue weighted by atomic mass is 9.95. The number of ketones is 1. The van der Waals surface area contributed by atoms with E-state index in [1.807, 2.05) is 0 Å². The summed E-state index contributed by atoms with van der Waals surface area (Å²) in [5.74, 6) is -6.03. The molecule has 0 aromatic heterocycles. The quantitative estimate of drug-likeness (QED) is 0.143. The van der Waals surface area contributed by atoms with Crippen molar-refractivity contribution in [3.05, 3.63) is 52.0 Å². The van der Waals surface area contributed by atoms with E-state index < -0.39 is 42.5 Å². The molecule has 6 N–H and O–H groups in total. The molecule has 0 radical (unpaired) electrons. The SMILES string of the molecule is NC(N)=Nc1ccc2c(c1)CCCOc1c(cc(Cl)cc1C(=O)CC(CC(=O)O)C(=O)O)OC2=O. The predicted octanol–water partition coefficient (Wildman–Crippen LogP) is 2.54. The molecule has 12 heteroatoms. The first-order chi connectivity index (χ1) is 16.5. The maximum absolute atomic E-state index is 13.0. The van der Waals surface area contributed by atoms with Crippen LogP contribution in [0.2, 0.25) is 5.02 Å². The highest BCUT2D eigenvalue weighted by atomic mass is 35.5. The lowest BCUT2D eigenvalue weighted by Gasteiger charge is -2.19. The number of carboxylic acid groups (broad SMARTS) is 2. The Labute approximate surface area is 204 Å². The molecule has 0 bridgehead atoms. The van der Waals surface area contributed by atoms with Gasteiger partial charge in [-0.25, -0.2) is 9.79 Å². The number of nitrogens with zero attached hydrogens (tertiary/aromatic N) is 1. The number of guanidine groups is 1. The monoisotopic (exact) mass is 503 g/mol. The van der Waals surface area contributed by atoms with Crippen LogP contribution in [-0.2, 0) is 16.0 Å². The zero-order chi connectivity index (χ0) is 25.7. The van der Waals surface area contributed by atoms with Gasteiger partial charge in [-0.3, -0.25) is 14.4 Å². The van der Waals surface area contributed by atoms with E-state index in [4.69, 9.17) is 37.6 Å². The summed E-state index contributed by atoms with van der Waals surface area (Å²) in [6, 6.07) is 7.27. The minimum Gasteiger partial charge on any atom is -0.489 e. The smallest absolute Gasteiger partial charge is 0.343 e. The maximum Gasteiger partial charge on any atom is 0.343 e. The van der Waals surface area contributed by atoms with Gasteiger partial charge in [0.05, 0.1) is 35.8 Å². The molecule has 0 aliphatic carbocycles. The highest BCUT2D eigenvalue weighted by Gasteiger charge is 2.29. The summed E-state index contributed by atoms with van der Waals surface area (Å²) in [4.78, 5) is 52.3. The van der Waals surface area contributed by atoms with Crippen LogP contribution in [0.15, 0.2) is 35.3 Å². The van der Waals surface area contributed by atoms with Gasteiger partial charge >= 0.3 is 17.9 Å². The average molecular weight is 504 g/mol. The van der Waals surface area contributed by atoms with Crippen molar-refractivity contribution in [2.45, 2.75) is 25.7 Å². The maximum atomic E-state index is 13.0. The van der Waals surface area contributed by atoms with Crippen LogP contribution >= 0.6 is 11.6 Å². The third kappa shape index (κ3) is 6.48. The van der Waals surface area contributed by atoms with Gasteiger partial charge in [0.25, 0.3) is 0 Å². The van der Waals surface area contributed by atoms with Crippen LogP contribution in [0, 0.1) is 5.92 Å². The lowest BCUT2D eigenvalue weighted by molar-refractivity contribution is -0.148. The Hall–Kier alpha value is -4.12. The van der Waals surface area contributed by atoms with Gasteiger partial charge in [-0.2, -0.15) is 0 Å². The fraction of sp³-hybridized carbons (Fsp3) is 0.261. The van der Waals surface area contributed by atoms with Crippen LogP contribution in [0.1, 0.15) is 45.5 Å². The number of carbonyl (C=O) groups is 4. The number of Topliss-reactive ketones (excluding diaryl/α,β-unsaturated/α-hetero) is 1. The average Bonchev–Trinajstić information content (AvgIpc) is 2.76. The number of rotatable bonds is 7. The number of aliphatic carboxylic acids is 2. The molecule has 11 nitrogen and oxygen atoms in total. The van der Waals surface area contributed by atoms with Crippen LogP contribution < -0.4 is 20.9 Å². The second-order valence-electron chi connectivity index (χ2n) is 7.76. The van der Waals surface area contributed by atoms with Crippen LogP contribution in [-0.4, -0.2) is 46.5 Å². The van der Waals surface area contributed by atoms with Crippen molar-refractivity contribution < 1.29 is 38.9 Å². The number of hydrogen-bond acceptors (Lipinski definition) is 7. The molecular weight excluding hydrogens is 482 g/mol. The molecule has 0 saturated heterocycles. The number of benzene rings is 2. The first kappa shape index (κ1) is 25.5. The van der Waals surface area contributed by atoms with Crippen molar-refractivity contribution in [3.8, 4) is 11.5 Å². The standard InChI is InChI=1S/C23H22ClN3O8/c24-13-9-16(17(28)7-12(21(31)32)8-19(29)30)20-18(10-13)35-22(33)15-4-3-14(27-23(25)26)6-11(15)2-1-5-34-20/h3-4,6,9-10,12H,1-2,5,7-8H2,(H,29,30)(H,31,32)(H4,25,26,27). The van der Waals surface area contributed by atoms with Gasteiger partial charge in [-0.1, -0.05) is 11.6 Å². The molecule has 0 fully saturated rings. The third-order valence-corrected chi connectivity index (χ3v) is 5.35. The molecule has 1 aliphatic rings. The Morgan fingerprint density at radius 3 is 2.51 bits per heavy atom. The van der Waals surface area contributed by atoms with E-state index in [2.05, 4.69) is 4.99 Å². The van der Waals surface area contributed by atoms with Gasteiger partial charge in [0.2, 0.25) is 0 Å². The van der Waals surface area contributed by atoms with Gasteiger partial charge in [0.1, 0.15) is 0 Å². The Kier molecular flexibility index (Phi) is 7.92. The van der Waals surface area contributed by atoms with Crippen LogP contribution in [0.25, 0.3) is 0 Å². The Bertz CT molecular complexity index is 1220. The van der Waals surface area contributed by atoms with Gasteiger partial charge in [0.15, 0.2) is 23.2 Å². The number of aryl methyl sites for hydroxylation is 1. The number of carbonyl (C=O) groups excluding carboxylic acids is 2. The molecular formula is C23H22ClN3O8. The topological polar surface area (TPSA) is 192 Å². The molecule has 0 amide bonds. The van der Waals surface area contributed by atoms with E-state index in [9.17, 15) is 24.3 Å². The van der Waals surface area contributed by atoms with E-state index in [-0.39, 0.29) is 40.2 Å². The molecule has 0 spiro atoms. The summed E-state index contributed by atoms with van der Waals surface area (Å²) in [5, 5.41) is 18.3. The molecule has 184 valence electrons. The van der Waals surface area contributed by atoms with Crippen molar-refractivity contribution in [2.75, 3.05) is 6.61 Å². The third-order valence-electron chi connectivity index (χ3n) is 5.13. The van der Waals surface area contributed by atoms with E-state index in [0.29, 0.717) is 24.1 Å². The number of esters is 1. The fourth-order valence-corrected chi connectivity index (χ4v) is 3.80. The number of ether oxygens (including phenoxy) is 2. The van der Waals surface area contributed by atoms with Crippen LogP contribution in [0.5, 0.6) is 11.5 Å². The van der Waals surface area contributed by atoms with Gasteiger partial charge < -0.3 is 31.2 Å². The lowest BCUT2D eigenvalue weighted by Crippen LogP contribution is -2.22. The normalized spacial score (nSPS) is 13.8. The number of fused-ring (bicyclic) bond motifs is 2. The zero-order valence-corrected chi connectivity index (χ0v) is 19.1. The van der Waals surface area contributed by atoms with Crippen LogP contribution in [0.4, 0.5) is 5.69 Å². The van der Waals surface area contributed by atoms with Crippen molar-refractivity contribution in [2.24, 2.45) is 22.4 Å². The fourth-order valence-electron chi connectivity index (χ4n) is 3.59. The predicted molar refractivity (Wildman–Crippen MR) is 124 cm³/mol. The highest BCUT2D eigenvalue weighted by Crippen LogP contribution is 2.38. The number of halogens is 1. The second kappa shape index (κ2) is 10.9. The van der Waals surface area contributed by atoms with Gasteiger partial charge in [-0.15, -0.1) is 0 Å². The number of hydrogen-bond donors (Lipinski definition) is 4. The zero-order valence-electron chi connectivity index (χ0n) is 18.3. The summed E-state index contributed by atoms with van der Waals surface area (Å²) in [6.07, 6.45) is -0.497. The molecule has 1 aliphatic heterocycles. The first-order valence-electron chi connectivity index (χ1n) is 10.4. The van der Waals surface area contributed by atoms with E-state index >= 15 is 0 Å². The molecule has 1 atom stereocenters. The highest BCUT2D eigenvalue weighted by molar-refractivity contribution is 6.31. The van der Waals surface area contributed by atoms with Crippen molar-refractivity contribution in [1.82, 2.24) is 0 Å². The largest absolute Gasteiger partial charge is 0.489 e. The number of nitrogens with two attached hydrogens (primary N) is 2. The molecule has 3 rings (SSSR count). The van der Waals surface area contributed by atoms with Crippen molar-refractivity contribution >= 4 is 46.9 Å². The van der Waals surface area contributed by atoms with E-state index in [1.165, 1.54) is 18.2 Å². The van der Waals surface area contributed by atoms with Gasteiger partial charge in [0, 0.05) is 17.5 Å². The Balaban J connectivity index is 1.98. The Morgan fingerprint density at radius 2 is 1.86 bits per heavy atom. The van der Waals surface area contributed by atoms with E-state index in [1.54, 1.807) is 12.1 Å². The summed E-state index contributed by atoms with van der Waals surface area (Å²) in [6.45, 7) is 0.121. The summed E-state index contributed by atoms with van der Waals surface area (Å²) < 4.78 is 11.3. The molecule has 1 heterocycles. The van der Waals surface area contributed by atoms with Crippen LogP contribution in [0.3, 0.4) is 0 Å². The van der Waals surface area contributed by atoms with Gasteiger partial charge in [-0.05, 0) is 42.7 Å².